The van der Waals surface area contributed by atoms with E-state index in [0.717, 1.165) is 19.3 Å². The molecule has 2 unspecified atom stereocenters. The van der Waals surface area contributed by atoms with E-state index in [1.165, 1.54) is 0 Å². The minimum Gasteiger partial charge on any atom is -0.393 e. The number of nitrogens with two attached hydrogens (primary N) is 1. The number of thiocarbonyl (C=S) groups is 1. The van der Waals surface area contributed by atoms with E-state index >= 15 is 0 Å². The molecule has 0 spiro atoms. The SMILES string of the molecule is CC1CCCN(CC(C(N)=S)C(F)(F)F)CC1. The van der Waals surface area contributed by atoms with Crippen LogP contribution >= 0.6 is 12.2 Å². The standard InChI is InChI=1S/C11H19F3N2S/c1-8-3-2-5-16(6-4-8)7-9(10(15)17)11(12,13)14/h8-9H,2-7H2,1H3,(H2,15,17). The molecule has 1 aliphatic rings. The zero-order valence-electron chi connectivity index (χ0n) is 9.96. The summed E-state index contributed by atoms with van der Waals surface area (Å²) in [5.41, 5.74) is 5.19. The second-order valence-electron chi connectivity index (χ2n) is 4.83. The molecule has 2 nitrogen and oxygen atoms in total. The average molecular weight is 268 g/mol. The van der Waals surface area contributed by atoms with E-state index in [-0.39, 0.29) is 6.54 Å². The summed E-state index contributed by atoms with van der Waals surface area (Å²) in [4.78, 5) is 1.38. The van der Waals surface area contributed by atoms with Crippen molar-refractivity contribution in [3.05, 3.63) is 0 Å². The van der Waals surface area contributed by atoms with Gasteiger partial charge in [0.15, 0.2) is 0 Å². The Labute approximate surface area is 105 Å². The second kappa shape index (κ2) is 6.00. The summed E-state index contributed by atoms with van der Waals surface area (Å²) in [5, 5.41) is 0. The normalized spacial score (nSPS) is 25.3. The van der Waals surface area contributed by atoms with Gasteiger partial charge in [-0.05, 0) is 38.3 Å². The van der Waals surface area contributed by atoms with Crippen molar-refractivity contribution < 1.29 is 13.2 Å². The Morgan fingerprint density at radius 2 is 2.06 bits per heavy atom. The smallest absolute Gasteiger partial charge is 0.393 e. The Morgan fingerprint density at radius 3 is 2.59 bits per heavy atom. The fraction of sp³-hybridized carbons (Fsp3) is 0.909. The highest BCUT2D eigenvalue weighted by Gasteiger charge is 2.42. The molecule has 1 fully saturated rings. The number of hydrogen-bond acceptors (Lipinski definition) is 2. The van der Waals surface area contributed by atoms with Gasteiger partial charge in [-0.15, -0.1) is 0 Å². The lowest BCUT2D eigenvalue weighted by atomic mass is 10.0. The first-order valence-electron chi connectivity index (χ1n) is 5.89. The predicted octanol–water partition coefficient (Wildman–Crippen LogP) is 2.57. The van der Waals surface area contributed by atoms with Crippen molar-refractivity contribution in [3.63, 3.8) is 0 Å². The molecule has 0 aromatic rings. The maximum absolute atomic E-state index is 12.7. The molecule has 1 heterocycles. The van der Waals surface area contributed by atoms with Crippen LogP contribution in [0, 0.1) is 11.8 Å². The van der Waals surface area contributed by atoms with Gasteiger partial charge in [0.25, 0.3) is 0 Å². The van der Waals surface area contributed by atoms with Crippen molar-refractivity contribution in [2.75, 3.05) is 19.6 Å². The fourth-order valence-electron chi connectivity index (χ4n) is 2.12. The molecule has 100 valence electrons. The zero-order chi connectivity index (χ0) is 13.1. The van der Waals surface area contributed by atoms with E-state index in [9.17, 15) is 13.2 Å². The summed E-state index contributed by atoms with van der Waals surface area (Å²) >= 11 is 4.52. The third-order valence-electron chi connectivity index (χ3n) is 3.29. The lowest BCUT2D eigenvalue weighted by Crippen LogP contribution is -2.43. The molecule has 2 atom stereocenters. The molecule has 0 saturated carbocycles. The zero-order valence-corrected chi connectivity index (χ0v) is 10.8. The quantitative estimate of drug-likeness (QED) is 0.798. The third kappa shape index (κ3) is 4.79. The molecule has 1 rings (SSSR count). The molecule has 0 aromatic carbocycles. The van der Waals surface area contributed by atoms with Gasteiger partial charge in [0.1, 0.15) is 5.92 Å². The Balaban J connectivity index is 2.58. The van der Waals surface area contributed by atoms with E-state index in [2.05, 4.69) is 19.1 Å². The Morgan fingerprint density at radius 1 is 1.41 bits per heavy atom. The number of nitrogens with zero attached hydrogens (tertiary/aromatic N) is 1. The summed E-state index contributed by atoms with van der Waals surface area (Å²) in [6.07, 6.45) is -1.35. The molecule has 17 heavy (non-hydrogen) atoms. The Kier molecular flexibility index (Phi) is 5.19. The largest absolute Gasteiger partial charge is 0.399 e. The molecule has 2 N–H and O–H groups in total. The molecule has 0 aliphatic carbocycles. The van der Waals surface area contributed by atoms with Crippen molar-refractivity contribution in [3.8, 4) is 0 Å². The first-order chi connectivity index (χ1) is 7.80. The van der Waals surface area contributed by atoms with Gasteiger partial charge < -0.3 is 10.6 Å². The van der Waals surface area contributed by atoms with Crippen LogP contribution in [0.4, 0.5) is 13.2 Å². The van der Waals surface area contributed by atoms with E-state index in [1.807, 2.05) is 4.90 Å². The summed E-state index contributed by atoms with van der Waals surface area (Å²) in [5.74, 6) is -1.08. The summed E-state index contributed by atoms with van der Waals surface area (Å²) < 4.78 is 38.1. The molecule has 0 bridgehead atoms. The van der Waals surface area contributed by atoms with Gasteiger partial charge in [0, 0.05) is 6.54 Å². The van der Waals surface area contributed by atoms with Crippen LogP contribution in [-0.4, -0.2) is 35.7 Å². The number of rotatable bonds is 3. The van der Waals surface area contributed by atoms with Gasteiger partial charge in [-0.3, -0.25) is 0 Å². The topological polar surface area (TPSA) is 29.3 Å². The van der Waals surface area contributed by atoms with E-state index in [1.54, 1.807) is 0 Å². The molecule has 6 heteroatoms. The van der Waals surface area contributed by atoms with Crippen molar-refractivity contribution in [2.45, 2.75) is 32.4 Å². The molecular formula is C11H19F3N2S. The van der Waals surface area contributed by atoms with Crippen molar-refractivity contribution in [1.82, 2.24) is 4.90 Å². The number of likely N-dealkylation sites (tertiary alicyclic amines) is 1. The Hall–Kier alpha value is -0.360. The number of hydrogen-bond donors (Lipinski definition) is 1. The summed E-state index contributed by atoms with van der Waals surface area (Å²) in [7, 11) is 0. The van der Waals surface area contributed by atoms with Crippen molar-refractivity contribution in [2.24, 2.45) is 17.6 Å². The molecule has 1 saturated heterocycles. The van der Waals surface area contributed by atoms with Gasteiger partial charge in [-0.2, -0.15) is 13.2 Å². The maximum atomic E-state index is 12.7. The highest BCUT2D eigenvalue weighted by atomic mass is 32.1. The molecule has 1 aliphatic heterocycles. The highest BCUT2D eigenvalue weighted by molar-refractivity contribution is 7.80. The van der Waals surface area contributed by atoms with Crippen molar-refractivity contribution in [1.29, 1.82) is 0 Å². The van der Waals surface area contributed by atoms with Gasteiger partial charge in [0.05, 0.1) is 4.99 Å². The minimum absolute atomic E-state index is 0.0917. The van der Waals surface area contributed by atoms with Crippen LogP contribution in [-0.2, 0) is 0 Å². The van der Waals surface area contributed by atoms with E-state index < -0.39 is 17.1 Å². The predicted molar refractivity (Wildman–Crippen MR) is 65.8 cm³/mol. The van der Waals surface area contributed by atoms with E-state index in [0.29, 0.717) is 19.0 Å². The van der Waals surface area contributed by atoms with Crippen LogP contribution < -0.4 is 5.73 Å². The second-order valence-corrected chi connectivity index (χ2v) is 5.30. The van der Waals surface area contributed by atoms with Gasteiger partial charge in [-0.25, -0.2) is 0 Å². The van der Waals surface area contributed by atoms with Crippen LogP contribution in [0.1, 0.15) is 26.2 Å². The van der Waals surface area contributed by atoms with Gasteiger partial charge >= 0.3 is 6.18 Å². The fourth-order valence-corrected chi connectivity index (χ4v) is 2.33. The van der Waals surface area contributed by atoms with Crippen LogP contribution in [0.5, 0.6) is 0 Å². The molecular weight excluding hydrogens is 249 g/mol. The third-order valence-corrected chi connectivity index (χ3v) is 3.57. The minimum atomic E-state index is -4.33. The first kappa shape index (κ1) is 14.7. The average Bonchev–Trinajstić information content (AvgIpc) is 2.37. The van der Waals surface area contributed by atoms with Crippen LogP contribution in [0.2, 0.25) is 0 Å². The Bertz CT molecular complexity index is 268. The monoisotopic (exact) mass is 268 g/mol. The molecule has 0 aromatic heterocycles. The summed E-state index contributed by atoms with van der Waals surface area (Å²) in [6, 6.07) is 0. The highest BCUT2D eigenvalue weighted by Crippen LogP contribution is 2.28. The lowest BCUT2D eigenvalue weighted by molar-refractivity contribution is -0.159. The number of halogens is 3. The van der Waals surface area contributed by atoms with Crippen molar-refractivity contribution >= 4 is 17.2 Å². The number of alkyl halides is 3. The molecule has 0 amide bonds. The molecule has 0 radical (unpaired) electrons. The van der Waals surface area contributed by atoms with Crippen LogP contribution in [0.25, 0.3) is 0 Å². The summed E-state index contributed by atoms with van der Waals surface area (Å²) in [6.45, 7) is 3.46. The van der Waals surface area contributed by atoms with E-state index in [4.69, 9.17) is 5.73 Å². The first-order valence-corrected chi connectivity index (χ1v) is 6.30. The van der Waals surface area contributed by atoms with Gasteiger partial charge in [0.2, 0.25) is 0 Å². The van der Waals surface area contributed by atoms with Crippen LogP contribution in [0.3, 0.4) is 0 Å². The maximum Gasteiger partial charge on any atom is 0.399 e. The van der Waals surface area contributed by atoms with Gasteiger partial charge in [-0.1, -0.05) is 19.1 Å². The van der Waals surface area contributed by atoms with Crippen LogP contribution in [0.15, 0.2) is 0 Å². The lowest BCUT2D eigenvalue weighted by Gasteiger charge is -2.27.